The molecule has 0 bridgehead atoms. The van der Waals surface area contributed by atoms with Crippen LogP contribution in [0.5, 0.6) is 0 Å². The molecule has 1 aromatic rings. The summed E-state index contributed by atoms with van der Waals surface area (Å²) < 4.78 is 0. The highest BCUT2D eigenvalue weighted by molar-refractivity contribution is 6.35. The van der Waals surface area contributed by atoms with Gasteiger partial charge in [0.15, 0.2) is 0 Å². The fourth-order valence-corrected chi connectivity index (χ4v) is 2.31. The van der Waals surface area contributed by atoms with Crippen LogP contribution < -0.4 is 16.4 Å². The minimum atomic E-state index is -0.428. The summed E-state index contributed by atoms with van der Waals surface area (Å²) in [6.07, 6.45) is 2.13. The summed E-state index contributed by atoms with van der Waals surface area (Å²) in [4.78, 5) is 22.9. The highest BCUT2D eigenvalue weighted by Crippen LogP contribution is 2.34. The molecule has 5 nitrogen and oxygen atoms in total. The molecule has 20 heavy (non-hydrogen) atoms. The standard InChI is InChI=1S/C13H15Cl2N3O2/c14-8-3-4-9(15)11(5-8)18-13(20)17-10(6-12(16)19)7-1-2-7/h3-5,7,10H,1-2,6H2,(H2,16,19)(H2,17,18,20)/t10-/m0/s1. The van der Waals surface area contributed by atoms with E-state index in [4.69, 9.17) is 28.9 Å². The fraction of sp³-hybridized carbons (Fsp3) is 0.385. The monoisotopic (exact) mass is 315 g/mol. The normalized spacial score (nSPS) is 15.5. The quantitative estimate of drug-likeness (QED) is 0.780. The molecule has 2 rings (SSSR count). The number of hydrogen-bond acceptors (Lipinski definition) is 2. The van der Waals surface area contributed by atoms with Crippen LogP contribution >= 0.6 is 23.2 Å². The molecule has 1 aliphatic carbocycles. The van der Waals surface area contributed by atoms with E-state index in [0.717, 1.165) is 12.8 Å². The molecule has 0 heterocycles. The van der Waals surface area contributed by atoms with Crippen molar-refractivity contribution >= 4 is 40.8 Å². The Kier molecular flexibility index (Phi) is 4.73. The molecule has 0 aromatic heterocycles. The number of nitrogens with one attached hydrogen (secondary N) is 2. The Hall–Kier alpha value is -1.46. The van der Waals surface area contributed by atoms with Crippen LogP contribution in [0.25, 0.3) is 0 Å². The maximum atomic E-state index is 11.9. The zero-order valence-corrected chi connectivity index (χ0v) is 12.2. The molecule has 0 radical (unpaired) electrons. The Morgan fingerprint density at radius 1 is 1.35 bits per heavy atom. The molecule has 1 aliphatic rings. The molecule has 1 aromatic carbocycles. The van der Waals surface area contributed by atoms with Crippen LogP contribution in [0.3, 0.4) is 0 Å². The van der Waals surface area contributed by atoms with E-state index in [9.17, 15) is 9.59 Å². The van der Waals surface area contributed by atoms with Gasteiger partial charge < -0.3 is 16.4 Å². The summed E-state index contributed by atoms with van der Waals surface area (Å²) in [5.74, 6) is -0.105. The van der Waals surface area contributed by atoms with Crippen molar-refractivity contribution in [1.29, 1.82) is 0 Å². The highest BCUT2D eigenvalue weighted by Gasteiger charge is 2.33. The van der Waals surface area contributed by atoms with Crippen LogP contribution in [0.1, 0.15) is 19.3 Å². The van der Waals surface area contributed by atoms with Crippen molar-refractivity contribution in [3.05, 3.63) is 28.2 Å². The minimum absolute atomic E-state index is 0.140. The summed E-state index contributed by atoms with van der Waals surface area (Å²) in [5.41, 5.74) is 5.60. The highest BCUT2D eigenvalue weighted by atomic mass is 35.5. The van der Waals surface area contributed by atoms with Gasteiger partial charge in [0.1, 0.15) is 0 Å². The van der Waals surface area contributed by atoms with E-state index in [1.165, 1.54) is 0 Å². The molecule has 1 saturated carbocycles. The zero-order chi connectivity index (χ0) is 14.7. The van der Waals surface area contributed by atoms with Gasteiger partial charge in [-0.3, -0.25) is 4.79 Å². The van der Waals surface area contributed by atoms with Crippen molar-refractivity contribution in [3.8, 4) is 0 Å². The van der Waals surface area contributed by atoms with Gasteiger partial charge in [0, 0.05) is 17.5 Å². The minimum Gasteiger partial charge on any atom is -0.370 e. The lowest BCUT2D eigenvalue weighted by molar-refractivity contribution is -0.118. The Morgan fingerprint density at radius 2 is 2.05 bits per heavy atom. The number of anilines is 1. The maximum Gasteiger partial charge on any atom is 0.319 e. The van der Waals surface area contributed by atoms with E-state index in [0.29, 0.717) is 21.7 Å². The number of nitrogens with two attached hydrogens (primary N) is 1. The molecule has 0 saturated heterocycles. The van der Waals surface area contributed by atoms with Gasteiger partial charge in [0.25, 0.3) is 0 Å². The predicted molar refractivity (Wildman–Crippen MR) is 78.9 cm³/mol. The Labute approximate surface area is 126 Å². The number of carbonyl (C=O) groups excluding carboxylic acids is 2. The molecule has 1 atom stereocenters. The Morgan fingerprint density at radius 3 is 2.65 bits per heavy atom. The summed E-state index contributed by atoms with van der Waals surface area (Å²) in [5, 5.41) is 6.24. The number of benzene rings is 1. The molecule has 0 spiro atoms. The van der Waals surface area contributed by atoms with Gasteiger partial charge in [-0.15, -0.1) is 0 Å². The van der Waals surface area contributed by atoms with Crippen molar-refractivity contribution in [2.24, 2.45) is 11.7 Å². The molecular formula is C13H15Cl2N3O2. The lowest BCUT2D eigenvalue weighted by atomic mass is 10.1. The summed E-state index contributed by atoms with van der Waals surface area (Å²) in [6, 6.07) is 4.13. The average molecular weight is 316 g/mol. The molecule has 0 aliphatic heterocycles. The topological polar surface area (TPSA) is 84.2 Å². The summed E-state index contributed by atoms with van der Waals surface area (Å²) in [6.45, 7) is 0. The summed E-state index contributed by atoms with van der Waals surface area (Å²) >= 11 is 11.8. The third-order valence-corrected chi connectivity index (χ3v) is 3.67. The molecule has 4 N–H and O–H groups in total. The van der Waals surface area contributed by atoms with Crippen molar-refractivity contribution < 1.29 is 9.59 Å². The SMILES string of the molecule is NC(=O)C[C@H](NC(=O)Nc1cc(Cl)ccc1Cl)C1CC1. The number of amides is 3. The lowest BCUT2D eigenvalue weighted by Crippen LogP contribution is -2.41. The van der Waals surface area contributed by atoms with Crippen LogP contribution in [-0.2, 0) is 4.79 Å². The second-order valence-electron chi connectivity index (χ2n) is 4.84. The number of carbonyl (C=O) groups is 2. The first-order valence-electron chi connectivity index (χ1n) is 6.26. The van der Waals surface area contributed by atoms with E-state index >= 15 is 0 Å². The molecule has 7 heteroatoms. The average Bonchev–Trinajstić information content (AvgIpc) is 3.16. The second kappa shape index (κ2) is 6.33. The van der Waals surface area contributed by atoms with Crippen LogP contribution in [0, 0.1) is 5.92 Å². The zero-order valence-electron chi connectivity index (χ0n) is 10.7. The van der Waals surface area contributed by atoms with Gasteiger partial charge in [-0.2, -0.15) is 0 Å². The van der Waals surface area contributed by atoms with Crippen LogP contribution in [0.4, 0.5) is 10.5 Å². The van der Waals surface area contributed by atoms with Gasteiger partial charge >= 0.3 is 6.03 Å². The van der Waals surface area contributed by atoms with Gasteiger partial charge in [-0.25, -0.2) is 4.79 Å². The largest absolute Gasteiger partial charge is 0.370 e. The number of hydrogen-bond donors (Lipinski definition) is 3. The number of halogens is 2. The number of primary amides is 1. The van der Waals surface area contributed by atoms with E-state index in [1.807, 2.05) is 0 Å². The van der Waals surface area contributed by atoms with E-state index < -0.39 is 11.9 Å². The fourth-order valence-electron chi connectivity index (χ4n) is 1.97. The van der Waals surface area contributed by atoms with Gasteiger partial charge in [0.2, 0.25) is 5.91 Å². The molecule has 3 amide bonds. The van der Waals surface area contributed by atoms with Crippen LogP contribution in [-0.4, -0.2) is 18.0 Å². The van der Waals surface area contributed by atoms with Crippen LogP contribution in [0.2, 0.25) is 10.0 Å². The van der Waals surface area contributed by atoms with Crippen molar-refractivity contribution in [2.75, 3.05) is 5.32 Å². The van der Waals surface area contributed by atoms with Crippen molar-refractivity contribution in [2.45, 2.75) is 25.3 Å². The number of rotatable bonds is 5. The van der Waals surface area contributed by atoms with Crippen molar-refractivity contribution in [1.82, 2.24) is 5.32 Å². The lowest BCUT2D eigenvalue weighted by Gasteiger charge is -2.17. The van der Waals surface area contributed by atoms with Gasteiger partial charge in [0.05, 0.1) is 10.7 Å². The third kappa shape index (κ3) is 4.28. The Balaban J connectivity index is 1.96. The first kappa shape index (κ1) is 14.9. The van der Waals surface area contributed by atoms with Crippen molar-refractivity contribution in [3.63, 3.8) is 0 Å². The molecule has 108 valence electrons. The maximum absolute atomic E-state index is 11.9. The van der Waals surface area contributed by atoms with Crippen LogP contribution in [0.15, 0.2) is 18.2 Å². The van der Waals surface area contributed by atoms with E-state index in [1.54, 1.807) is 18.2 Å². The van der Waals surface area contributed by atoms with E-state index in [-0.39, 0.29) is 12.5 Å². The first-order chi connectivity index (χ1) is 9.45. The van der Waals surface area contributed by atoms with Gasteiger partial charge in [-0.1, -0.05) is 23.2 Å². The smallest absolute Gasteiger partial charge is 0.319 e. The molecule has 0 unspecified atom stereocenters. The predicted octanol–water partition coefficient (Wildman–Crippen LogP) is 2.77. The second-order valence-corrected chi connectivity index (χ2v) is 5.68. The summed E-state index contributed by atoms with van der Waals surface area (Å²) in [7, 11) is 0. The molecule has 1 fully saturated rings. The third-order valence-electron chi connectivity index (χ3n) is 3.11. The van der Waals surface area contributed by atoms with E-state index in [2.05, 4.69) is 10.6 Å². The molecular weight excluding hydrogens is 301 g/mol. The van der Waals surface area contributed by atoms with Gasteiger partial charge in [-0.05, 0) is 37.0 Å². The first-order valence-corrected chi connectivity index (χ1v) is 7.02. The number of urea groups is 1. The Bertz CT molecular complexity index is 532.